The number of nitrogens with one attached hydrogen (secondary N) is 1. The van der Waals surface area contributed by atoms with Crippen LogP contribution in [0, 0.1) is 6.92 Å². The van der Waals surface area contributed by atoms with Crippen molar-refractivity contribution < 1.29 is 9.47 Å². The van der Waals surface area contributed by atoms with Crippen molar-refractivity contribution in [2.24, 2.45) is 10.8 Å². The van der Waals surface area contributed by atoms with E-state index in [1.165, 1.54) is 5.56 Å². The van der Waals surface area contributed by atoms with Gasteiger partial charge in [0.1, 0.15) is 6.61 Å². The molecule has 0 aliphatic carbocycles. The first kappa shape index (κ1) is 17.7. The number of ether oxygens (including phenoxy) is 2. The lowest BCUT2D eigenvalue weighted by molar-refractivity contribution is 0.269. The van der Waals surface area contributed by atoms with Gasteiger partial charge in [-0.25, -0.2) is 0 Å². The number of nitrogens with two attached hydrogens (primary N) is 1. The van der Waals surface area contributed by atoms with E-state index in [4.69, 9.17) is 27.4 Å². The van der Waals surface area contributed by atoms with Crippen LogP contribution in [0.25, 0.3) is 0 Å². The first-order valence-corrected chi connectivity index (χ1v) is 8.03. The predicted octanol–water partition coefficient (Wildman–Crippen LogP) is 3.14. The Morgan fingerprint density at radius 1 is 1.17 bits per heavy atom. The highest BCUT2D eigenvalue weighted by Crippen LogP contribution is 2.28. The molecule has 2 rings (SSSR count). The minimum absolute atomic E-state index is 0.120. The lowest BCUT2D eigenvalue weighted by Crippen LogP contribution is -2.23. The maximum atomic E-state index is 5.89. The Bertz CT molecular complexity index is 715. The fourth-order valence-electron chi connectivity index (χ4n) is 2.01. The number of rotatable bonds is 7. The van der Waals surface area contributed by atoms with Crippen molar-refractivity contribution in [1.82, 2.24) is 5.43 Å². The number of benzene rings is 2. The number of hydrazone groups is 1. The minimum Gasteiger partial charge on any atom is -0.490 e. The Morgan fingerprint density at radius 2 is 1.92 bits per heavy atom. The summed E-state index contributed by atoms with van der Waals surface area (Å²) in [7, 11) is 0. The van der Waals surface area contributed by atoms with Crippen molar-refractivity contribution >= 4 is 23.5 Å². The summed E-state index contributed by atoms with van der Waals surface area (Å²) in [5.41, 5.74) is 11.0. The molecule has 24 heavy (non-hydrogen) atoms. The molecular formula is C18H21N3O2S. The van der Waals surface area contributed by atoms with Crippen LogP contribution in [0.1, 0.15) is 23.6 Å². The Balaban J connectivity index is 2.09. The minimum atomic E-state index is 0.120. The van der Waals surface area contributed by atoms with Gasteiger partial charge in [0.25, 0.3) is 0 Å². The van der Waals surface area contributed by atoms with E-state index in [-0.39, 0.29) is 5.11 Å². The Labute approximate surface area is 147 Å². The van der Waals surface area contributed by atoms with Gasteiger partial charge in [0.05, 0.1) is 12.8 Å². The number of nitrogens with zero attached hydrogens (tertiary/aromatic N) is 1. The summed E-state index contributed by atoms with van der Waals surface area (Å²) in [4.78, 5) is 0. The van der Waals surface area contributed by atoms with Gasteiger partial charge in [0, 0.05) is 0 Å². The third kappa shape index (κ3) is 5.55. The zero-order valence-electron chi connectivity index (χ0n) is 13.8. The fourth-order valence-corrected chi connectivity index (χ4v) is 2.06. The van der Waals surface area contributed by atoms with Gasteiger partial charge in [-0.15, -0.1) is 0 Å². The van der Waals surface area contributed by atoms with E-state index in [0.717, 1.165) is 11.1 Å². The quantitative estimate of drug-likeness (QED) is 0.459. The predicted molar refractivity (Wildman–Crippen MR) is 101 cm³/mol. The summed E-state index contributed by atoms with van der Waals surface area (Å²) < 4.78 is 11.5. The molecule has 0 saturated carbocycles. The van der Waals surface area contributed by atoms with Gasteiger partial charge < -0.3 is 15.2 Å². The second-order valence-electron chi connectivity index (χ2n) is 5.15. The first-order valence-electron chi connectivity index (χ1n) is 7.62. The van der Waals surface area contributed by atoms with Crippen molar-refractivity contribution in [2.75, 3.05) is 6.61 Å². The highest BCUT2D eigenvalue weighted by atomic mass is 32.1. The molecule has 0 bridgehead atoms. The molecular weight excluding hydrogens is 322 g/mol. The number of thiocarbonyl (C=S) groups is 1. The molecule has 2 aromatic rings. The van der Waals surface area contributed by atoms with Crippen LogP contribution in [-0.4, -0.2) is 17.9 Å². The van der Waals surface area contributed by atoms with Gasteiger partial charge >= 0.3 is 0 Å². The van der Waals surface area contributed by atoms with E-state index < -0.39 is 0 Å². The van der Waals surface area contributed by atoms with Crippen LogP contribution in [0.2, 0.25) is 0 Å². The van der Waals surface area contributed by atoms with E-state index >= 15 is 0 Å². The normalized spacial score (nSPS) is 10.6. The molecule has 0 fully saturated rings. The van der Waals surface area contributed by atoms with Crippen LogP contribution in [0.3, 0.4) is 0 Å². The standard InChI is InChI=1S/C18H21N3O2S/c1-3-22-17-10-15(11-20-21-18(19)24)8-9-16(17)23-12-14-6-4-13(2)5-7-14/h4-11H,3,12H2,1-2H3,(H3,19,21,24)/b20-11-. The van der Waals surface area contributed by atoms with Gasteiger partial charge in [0.15, 0.2) is 16.6 Å². The summed E-state index contributed by atoms with van der Waals surface area (Å²) in [5.74, 6) is 1.36. The highest BCUT2D eigenvalue weighted by Gasteiger charge is 2.06. The molecule has 0 aromatic heterocycles. The SMILES string of the molecule is CCOc1cc(/C=N\NC(N)=S)ccc1OCc1ccc(C)cc1. The molecule has 0 aliphatic heterocycles. The fraction of sp³-hybridized carbons (Fsp3) is 0.222. The van der Waals surface area contributed by atoms with Crippen molar-refractivity contribution in [3.05, 3.63) is 59.2 Å². The number of aryl methyl sites for hydroxylation is 1. The molecule has 3 N–H and O–H groups in total. The van der Waals surface area contributed by atoms with E-state index in [2.05, 4.69) is 41.7 Å². The monoisotopic (exact) mass is 343 g/mol. The summed E-state index contributed by atoms with van der Waals surface area (Å²) in [6.45, 7) is 5.02. The number of hydrogen-bond acceptors (Lipinski definition) is 4. The molecule has 0 saturated heterocycles. The van der Waals surface area contributed by atoms with Gasteiger partial charge in [-0.05, 0) is 55.4 Å². The molecule has 0 unspecified atom stereocenters. The molecule has 0 atom stereocenters. The average molecular weight is 343 g/mol. The van der Waals surface area contributed by atoms with E-state index in [0.29, 0.717) is 24.7 Å². The second-order valence-corrected chi connectivity index (χ2v) is 5.59. The van der Waals surface area contributed by atoms with Gasteiger partial charge in [-0.1, -0.05) is 29.8 Å². The molecule has 0 spiro atoms. The maximum Gasteiger partial charge on any atom is 0.184 e. The van der Waals surface area contributed by atoms with Gasteiger partial charge in [-0.2, -0.15) is 5.10 Å². The van der Waals surface area contributed by atoms with E-state index in [1.807, 2.05) is 25.1 Å². The van der Waals surface area contributed by atoms with Crippen molar-refractivity contribution in [2.45, 2.75) is 20.5 Å². The third-order valence-electron chi connectivity index (χ3n) is 3.17. The first-order chi connectivity index (χ1) is 11.6. The van der Waals surface area contributed by atoms with Crippen LogP contribution in [0.5, 0.6) is 11.5 Å². The Kier molecular flexibility index (Phi) is 6.57. The summed E-state index contributed by atoms with van der Waals surface area (Å²) in [5, 5.41) is 4.06. The summed E-state index contributed by atoms with van der Waals surface area (Å²) in [6.07, 6.45) is 1.62. The van der Waals surface area contributed by atoms with Crippen molar-refractivity contribution in [3.8, 4) is 11.5 Å². The van der Waals surface area contributed by atoms with E-state index in [9.17, 15) is 0 Å². The number of hydrogen-bond donors (Lipinski definition) is 2. The van der Waals surface area contributed by atoms with Gasteiger partial charge in [-0.3, -0.25) is 5.43 Å². The molecule has 126 valence electrons. The van der Waals surface area contributed by atoms with Crippen LogP contribution in [0.15, 0.2) is 47.6 Å². The largest absolute Gasteiger partial charge is 0.490 e. The average Bonchev–Trinajstić information content (AvgIpc) is 2.55. The lowest BCUT2D eigenvalue weighted by atomic mass is 10.2. The molecule has 0 aliphatic rings. The summed E-state index contributed by atoms with van der Waals surface area (Å²) >= 11 is 4.70. The third-order valence-corrected chi connectivity index (χ3v) is 3.26. The zero-order chi connectivity index (χ0) is 17.4. The van der Waals surface area contributed by atoms with Crippen molar-refractivity contribution in [1.29, 1.82) is 0 Å². The van der Waals surface area contributed by atoms with Crippen LogP contribution in [0.4, 0.5) is 0 Å². The topological polar surface area (TPSA) is 68.9 Å². The maximum absolute atomic E-state index is 5.89. The molecule has 0 heterocycles. The highest BCUT2D eigenvalue weighted by molar-refractivity contribution is 7.80. The molecule has 6 heteroatoms. The Hall–Kier alpha value is -2.60. The van der Waals surface area contributed by atoms with Crippen LogP contribution >= 0.6 is 12.2 Å². The van der Waals surface area contributed by atoms with Crippen molar-refractivity contribution in [3.63, 3.8) is 0 Å². The molecule has 0 amide bonds. The second kappa shape index (κ2) is 8.88. The molecule has 2 aromatic carbocycles. The summed E-state index contributed by atoms with van der Waals surface area (Å²) in [6, 6.07) is 13.8. The van der Waals surface area contributed by atoms with Crippen LogP contribution < -0.4 is 20.6 Å². The van der Waals surface area contributed by atoms with Crippen LogP contribution in [-0.2, 0) is 6.61 Å². The molecule has 5 nitrogen and oxygen atoms in total. The molecule has 0 radical (unpaired) electrons. The van der Waals surface area contributed by atoms with Gasteiger partial charge in [0.2, 0.25) is 0 Å². The van der Waals surface area contributed by atoms with E-state index in [1.54, 1.807) is 6.21 Å². The zero-order valence-corrected chi connectivity index (χ0v) is 14.6. The Morgan fingerprint density at radius 3 is 2.58 bits per heavy atom. The smallest absolute Gasteiger partial charge is 0.184 e. The lowest BCUT2D eigenvalue weighted by Gasteiger charge is -2.12.